The first-order valence-corrected chi connectivity index (χ1v) is 5.87. The third-order valence-corrected chi connectivity index (χ3v) is 3.12. The van der Waals surface area contributed by atoms with E-state index in [0.717, 1.165) is 18.0 Å². The minimum atomic E-state index is 0.862. The average Bonchev–Trinajstić information content (AvgIpc) is 2.94. The van der Waals surface area contributed by atoms with Gasteiger partial charge in [-0.15, -0.1) is 0 Å². The minimum absolute atomic E-state index is 0.862. The van der Waals surface area contributed by atoms with Gasteiger partial charge in [-0.3, -0.25) is 0 Å². The molecule has 0 radical (unpaired) electrons. The van der Waals surface area contributed by atoms with Gasteiger partial charge in [-0.1, -0.05) is 13.3 Å². The van der Waals surface area contributed by atoms with Gasteiger partial charge >= 0.3 is 0 Å². The molecule has 2 saturated carbocycles. The van der Waals surface area contributed by atoms with Crippen molar-refractivity contribution in [3.63, 3.8) is 0 Å². The van der Waals surface area contributed by atoms with Crippen molar-refractivity contribution in [3.8, 4) is 0 Å². The molecule has 2 heteroatoms. The summed E-state index contributed by atoms with van der Waals surface area (Å²) in [5, 5.41) is 7.14. The van der Waals surface area contributed by atoms with Crippen LogP contribution >= 0.6 is 0 Å². The van der Waals surface area contributed by atoms with Gasteiger partial charge in [-0.25, -0.2) is 0 Å². The van der Waals surface area contributed by atoms with Gasteiger partial charge < -0.3 is 10.6 Å². The van der Waals surface area contributed by atoms with Gasteiger partial charge in [0.1, 0.15) is 0 Å². The van der Waals surface area contributed by atoms with E-state index in [1.165, 1.54) is 45.2 Å². The fourth-order valence-corrected chi connectivity index (χ4v) is 2.01. The van der Waals surface area contributed by atoms with E-state index in [4.69, 9.17) is 0 Å². The molecule has 2 N–H and O–H groups in total. The summed E-state index contributed by atoms with van der Waals surface area (Å²) in [4.78, 5) is 0. The lowest BCUT2D eigenvalue weighted by molar-refractivity contribution is 0.569. The third kappa shape index (κ3) is 3.28. The highest BCUT2D eigenvalue weighted by Crippen LogP contribution is 2.34. The van der Waals surface area contributed by atoms with Crippen LogP contribution in [0.5, 0.6) is 0 Å². The Hall–Kier alpha value is -0.0800. The monoisotopic (exact) mass is 182 g/mol. The van der Waals surface area contributed by atoms with Crippen molar-refractivity contribution in [2.45, 2.75) is 51.1 Å². The second kappa shape index (κ2) is 4.43. The molecular weight excluding hydrogens is 160 g/mol. The van der Waals surface area contributed by atoms with Crippen molar-refractivity contribution in [2.75, 3.05) is 13.1 Å². The Morgan fingerprint density at radius 2 is 1.92 bits per heavy atom. The van der Waals surface area contributed by atoms with Crippen molar-refractivity contribution >= 4 is 0 Å². The molecule has 0 aromatic heterocycles. The first-order valence-electron chi connectivity index (χ1n) is 5.87. The lowest BCUT2D eigenvalue weighted by Gasteiger charge is -2.04. The maximum atomic E-state index is 3.61. The molecule has 0 spiro atoms. The highest BCUT2D eigenvalue weighted by Gasteiger charge is 2.35. The van der Waals surface area contributed by atoms with E-state index >= 15 is 0 Å². The quantitative estimate of drug-likeness (QED) is 0.583. The van der Waals surface area contributed by atoms with Crippen molar-refractivity contribution in [2.24, 2.45) is 5.92 Å². The predicted octanol–water partition coefficient (Wildman–Crippen LogP) is 1.52. The standard InChI is InChI=1S/C11H22N2/c1-2-3-9-8-11(9)13-7-6-12-10-4-5-10/h9-13H,2-8H2,1H3. The predicted molar refractivity (Wildman–Crippen MR) is 55.8 cm³/mol. The molecule has 76 valence electrons. The smallest absolute Gasteiger partial charge is 0.00996 e. The van der Waals surface area contributed by atoms with Gasteiger partial charge in [0.05, 0.1) is 0 Å². The Kier molecular flexibility index (Phi) is 3.23. The van der Waals surface area contributed by atoms with Gasteiger partial charge in [0.2, 0.25) is 0 Å². The Morgan fingerprint density at radius 3 is 2.62 bits per heavy atom. The Labute approximate surface area is 81.5 Å². The molecule has 2 nitrogen and oxygen atoms in total. The molecule has 0 heterocycles. The molecule has 2 rings (SSSR count). The number of nitrogens with one attached hydrogen (secondary N) is 2. The summed E-state index contributed by atoms with van der Waals surface area (Å²) >= 11 is 0. The lowest BCUT2D eigenvalue weighted by atomic mass is 10.2. The van der Waals surface area contributed by atoms with E-state index in [9.17, 15) is 0 Å². The van der Waals surface area contributed by atoms with Gasteiger partial charge in [0.15, 0.2) is 0 Å². The molecule has 0 aromatic carbocycles. The highest BCUT2D eigenvalue weighted by molar-refractivity contribution is 4.92. The van der Waals surface area contributed by atoms with Gasteiger partial charge in [0.25, 0.3) is 0 Å². The molecule has 0 aliphatic heterocycles. The van der Waals surface area contributed by atoms with E-state index < -0.39 is 0 Å². The van der Waals surface area contributed by atoms with Crippen LogP contribution in [0.3, 0.4) is 0 Å². The van der Waals surface area contributed by atoms with Crippen LogP contribution in [0, 0.1) is 5.92 Å². The summed E-state index contributed by atoms with van der Waals surface area (Å²) in [7, 11) is 0. The first kappa shape index (κ1) is 9.47. The van der Waals surface area contributed by atoms with Crippen LogP contribution in [0.15, 0.2) is 0 Å². The molecule has 2 aliphatic rings. The summed E-state index contributed by atoms with van der Waals surface area (Å²) in [6.45, 7) is 4.62. The molecule has 0 amide bonds. The highest BCUT2D eigenvalue weighted by atomic mass is 15.0. The SMILES string of the molecule is CCCC1CC1NCCNC1CC1. The zero-order chi connectivity index (χ0) is 9.10. The van der Waals surface area contributed by atoms with Crippen molar-refractivity contribution < 1.29 is 0 Å². The molecule has 2 fully saturated rings. The minimum Gasteiger partial charge on any atom is -0.313 e. The Morgan fingerprint density at radius 1 is 1.15 bits per heavy atom. The largest absolute Gasteiger partial charge is 0.313 e. The molecule has 0 bridgehead atoms. The number of hydrogen-bond donors (Lipinski definition) is 2. The number of rotatable bonds is 7. The summed E-state index contributed by atoms with van der Waals surface area (Å²) in [5.74, 6) is 1.01. The van der Waals surface area contributed by atoms with Crippen LogP contribution in [0.4, 0.5) is 0 Å². The van der Waals surface area contributed by atoms with Crippen LogP contribution in [0.25, 0.3) is 0 Å². The summed E-state index contributed by atoms with van der Waals surface area (Å²) in [6.07, 6.45) is 7.01. The molecule has 2 aliphatic carbocycles. The van der Waals surface area contributed by atoms with E-state index in [2.05, 4.69) is 17.6 Å². The fourth-order valence-electron chi connectivity index (χ4n) is 2.01. The second-order valence-corrected chi connectivity index (χ2v) is 4.57. The molecular formula is C11H22N2. The van der Waals surface area contributed by atoms with E-state index in [0.29, 0.717) is 0 Å². The number of hydrogen-bond acceptors (Lipinski definition) is 2. The normalized spacial score (nSPS) is 32.1. The molecule has 0 aromatic rings. The maximum Gasteiger partial charge on any atom is 0.00996 e. The van der Waals surface area contributed by atoms with Crippen LogP contribution in [-0.4, -0.2) is 25.2 Å². The third-order valence-electron chi connectivity index (χ3n) is 3.12. The second-order valence-electron chi connectivity index (χ2n) is 4.57. The average molecular weight is 182 g/mol. The van der Waals surface area contributed by atoms with Crippen molar-refractivity contribution in [3.05, 3.63) is 0 Å². The topological polar surface area (TPSA) is 24.1 Å². The Balaban J connectivity index is 1.41. The lowest BCUT2D eigenvalue weighted by Crippen LogP contribution is -2.30. The van der Waals surface area contributed by atoms with Crippen molar-refractivity contribution in [1.82, 2.24) is 10.6 Å². The van der Waals surface area contributed by atoms with Crippen LogP contribution in [-0.2, 0) is 0 Å². The van der Waals surface area contributed by atoms with Gasteiger partial charge in [0, 0.05) is 25.2 Å². The zero-order valence-corrected chi connectivity index (χ0v) is 8.68. The van der Waals surface area contributed by atoms with Crippen LogP contribution < -0.4 is 10.6 Å². The Bertz CT molecular complexity index is 154. The van der Waals surface area contributed by atoms with Crippen molar-refractivity contribution in [1.29, 1.82) is 0 Å². The first-order chi connectivity index (χ1) is 6.40. The van der Waals surface area contributed by atoms with E-state index in [1.807, 2.05) is 0 Å². The maximum absolute atomic E-state index is 3.61. The van der Waals surface area contributed by atoms with E-state index in [1.54, 1.807) is 0 Å². The van der Waals surface area contributed by atoms with Crippen LogP contribution in [0.1, 0.15) is 39.0 Å². The summed E-state index contributed by atoms with van der Waals surface area (Å²) in [6, 6.07) is 1.73. The molecule has 2 unspecified atom stereocenters. The van der Waals surface area contributed by atoms with Crippen LogP contribution in [0.2, 0.25) is 0 Å². The molecule has 0 saturated heterocycles. The molecule has 2 atom stereocenters. The summed E-state index contributed by atoms with van der Waals surface area (Å²) < 4.78 is 0. The van der Waals surface area contributed by atoms with E-state index in [-0.39, 0.29) is 0 Å². The van der Waals surface area contributed by atoms with Gasteiger partial charge in [-0.05, 0) is 31.6 Å². The molecule has 13 heavy (non-hydrogen) atoms. The fraction of sp³-hybridized carbons (Fsp3) is 1.00. The van der Waals surface area contributed by atoms with Gasteiger partial charge in [-0.2, -0.15) is 0 Å². The summed E-state index contributed by atoms with van der Waals surface area (Å²) in [5.41, 5.74) is 0. The zero-order valence-electron chi connectivity index (χ0n) is 8.68.